The van der Waals surface area contributed by atoms with E-state index in [1.165, 1.54) is 34.0 Å². The van der Waals surface area contributed by atoms with E-state index in [0.717, 1.165) is 40.7 Å². The van der Waals surface area contributed by atoms with Crippen LogP contribution >= 0.6 is 22.9 Å². The number of hydrogen-bond donors (Lipinski definition) is 0. The average molecular weight is 537 g/mol. The van der Waals surface area contributed by atoms with E-state index in [4.69, 9.17) is 26.7 Å². The van der Waals surface area contributed by atoms with Gasteiger partial charge in [0.1, 0.15) is 5.82 Å². The molecule has 3 aliphatic heterocycles. The standard InChI is InChI=1S/C23H26ClFN6O2S2/c1-29(23-27-20(14-34-23)15-3-5-17(25)6-4-15)22-19(13-24)26-21-8-7-18(28-31(21)22)16-9-11-30(12-10-16)35(2,32)33/h3-8,14,16,21-22H,9-13H2,1-2H3. The maximum Gasteiger partial charge on any atom is 0.211 e. The van der Waals surface area contributed by atoms with E-state index in [0.29, 0.717) is 13.1 Å². The summed E-state index contributed by atoms with van der Waals surface area (Å²) >= 11 is 7.78. The minimum Gasteiger partial charge on any atom is -0.324 e. The van der Waals surface area contributed by atoms with Crippen molar-refractivity contribution in [2.24, 2.45) is 16.0 Å². The number of halogens is 2. The summed E-state index contributed by atoms with van der Waals surface area (Å²) in [6.07, 6.45) is 6.21. The number of piperidine rings is 1. The lowest BCUT2D eigenvalue weighted by Crippen LogP contribution is -2.50. The Morgan fingerprint density at radius 3 is 2.60 bits per heavy atom. The van der Waals surface area contributed by atoms with Crippen molar-refractivity contribution >= 4 is 49.5 Å². The van der Waals surface area contributed by atoms with Crippen LogP contribution in [-0.4, -0.2) is 78.7 Å². The van der Waals surface area contributed by atoms with Gasteiger partial charge in [-0.25, -0.2) is 27.1 Å². The number of benzene rings is 1. The van der Waals surface area contributed by atoms with Crippen LogP contribution in [0.25, 0.3) is 11.3 Å². The van der Waals surface area contributed by atoms with E-state index in [2.05, 4.69) is 0 Å². The highest BCUT2D eigenvalue weighted by Gasteiger charge is 2.40. The number of hydrazone groups is 1. The molecule has 12 heteroatoms. The zero-order chi connectivity index (χ0) is 24.7. The second-order valence-electron chi connectivity index (χ2n) is 8.87. The van der Waals surface area contributed by atoms with E-state index >= 15 is 0 Å². The van der Waals surface area contributed by atoms with Crippen LogP contribution in [0.4, 0.5) is 9.52 Å². The van der Waals surface area contributed by atoms with Gasteiger partial charge in [-0.2, -0.15) is 5.10 Å². The Kier molecular flexibility index (Phi) is 6.69. The van der Waals surface area contributed by atoms with Gasteiger partial charge in [-0.15, -0.1) is 22.9 Å². The molecule has 1 saturated heterocycles. The monoisotopic (exact) mass is 536 g/mol. The number of alkyl halides is 1. The number of aliphatic imine (C=N–C) groups is 1. The van der Waals surface area contributed by atoms with Gasteiger partial charge >= 0.3 is 0 Å². The van der Waals surface area contributed by atoms with Crippen LogP contribution in [0.2, 0.25) is 0 Å². The highest BCUT2D eigenvalue weighted by molar-refractivity contribution is 7.88. The lowest BCUT2D eigenvalue weighted by Gasteiger charge is -2.36. The van der Waals surface area contributed by atoms with Crippen LogP contribution in [0.15, 0.2) is 51.9 Å². The summed E-state index contributed by atoms with van der Waals surface area (Å²) in [4.78, 5) is 11.6. The molecule has 186 valence electrons. The first kappa shape index (κ1) is 24.4. The quantitative estimate of drug-likeness (QED) is 0.527. The van der Waals surface area contributed by atoms with Gasteiger partial charge < -0.3 is 4.90 Å². The Labute approximate surface area is 213 Å². The van der Waals surface area contributed by atoms with Crippen LogP contribution < -0.4 is 4.90 Å². The van der Waals surface area contributed by atoms with Gasteiger partial charge in [-0.3, -0.25) is 4.99 Å². The van der Waals surface area contributed by atoms with Crippen LogP contribution in [-0.2, 0) is 10.0 Å². The van der Waals surface area contributed by atoms with Gasteiger partial charge in [0.05, 0.1) is 29.3 Å². The first-order valence-electron chi connectivity index (χ1n) is 11.3. The number of allylic oxidation sites excluding steroid dienone is 1. The summed E-state index contributed by atoms with van der Waals surface area (Å²) in [5, 5.41) is 9.65. The molecule has 8 nitrogen and oxygen atoms in total. The van der Waals surface area contributed by atoms with Crippen molar-refractivity contribution in [1.82, 2.24) is 14.3 Å². The first-order chi connectivity index (χ1) is 16.7. The number of fused-ring (bicyclic) bond motifs is 1. The zero-order valence-corrected chi connectivity index (χ0v) is 21.8. The van der Waals surface area contributed by atoms with Crippen LogP contribution in [0.1, 0.15) is 12.8 Å². The van der Waals surface area contributed by atoms with Crippen molar-refractivity contribution in [3.8, 4) is 11.3 Å². The van der Waals surface area contributed by atoms with Gasteiger partial charge in [0, 0.05) is 37.0 Å². The molecule has 0 bridgehead atoms. The SMILES string of the molecule is CN(c1nc(-c2ccc(F)cc2)cs1)C1C(CCl)=NC2C=CC(C3CCN(S(C)(=O)=O)CC3)=NN21. The number of rotatable bonds is 6. The van der Waals surface area contributed by atoms with E-state index in [-0.39, 0.29) is 29.9 Å². The second-order valence-corrected chi connectivity index (χ2v) is 12.0. The average Bonchev–Trinajstić information content (AvgIpc) is 3.48. The Bertz CT molecular complexity index is 1290. The van der Waals surface area contributed by atoms with Gasteiger partial charge in [0.25, 0.3) is 0 Å². The normalized spacial score (nSPS) is 23.3. The first-order valence-corrected chi connectivity index (χ1v) is 14.6. The lowest BCUT2D eigenvalue weighted by molar-refractivity contribution is 0.228. The molecule has 3 aliphatic rings. The second kappa shape index (κ2) is 9.61. The van der Waals surface area contributed by atoms with Gasteiger partial charge in [-0.1, -0.05) is 0 Å². The summed E-state index contributed by atoms with van der Waals surface area (Å²) in [5.74, 6) is 0.167. The highest BCUT2D eigenvalue weighted by atomic mass is 35.5. The number of anilines is 1. The Morgan fingerprint density at radius 1 is 1.23 bits per heavy atom. The Morgan fingerprint density at radius 2 is 1.94 bits per heavy atom. The molecule has 35 heavy (non-hydrogen) atoms. The molecule has 2 unspecified atom stereocenters. The van der Waals surface area contributed by atoms with Gasteiger partial charge in [0.2, 0.25) is 10.0 Å². The molecular formula is C23H26ClFN6O2S2. The number of aromatic nitrogens is 1. The predicted molar refractivity (Wildman–Crippen MR) is 139 cm³/mol. The summed E-state index contributed by atoms with van der Waals surface area (Å²) in [5.41, 5.74) is 3.36. The molecule has 0 amide bonds. The summed E-state index contributed by atoms with van der Waals surface area (Å²) in [7, 11) is -1.23. The maximum atomic E-state index is 13.3. The van der Waals surface area contributed by atoms with Gasteiger partial charge in [-0.05, 0) is 49.3 Å². The molecule has 4 heterocycles. The third kappa shape index (κ3) is 4.87. The topological polar surface area (TPSA) is 81.5 Å². The molecule has 0 saturated carbocycles. The molecule has 2 atom stereocenters. The number of thiazole rings is 1. The van der Waals surface area contributed by atoms with Crippen molar-refractivity contribution in [3.05, 3.63) is 47.6 Å². The fraction of sp³-hybridized carbons (Fsp3) is 0.435. The third-order valence-corrected chi connectivity index (χ3v) is 9.07. The van der Waals surface area contributed by atoms with Crippen molar-refractivity contribution in [1.29, 1.82) is 0 Å². The molecule has 1 fully saturated rings. The molecule has 0 aliphatic carbocycles. The van der Waals surface area contributed by atoms with Crippen LogP contribution in [0, 0.1) is 11.7 Å². The van der Waals surface area contributed by atoms with Crippen molar-refractivity contribution in [2.75, 3.05) is 37.2 Å². The molecule has 2 aromatic rings. The largest absolute Gasteiger partial charge is 0.324 e. The smallest absolute Gasteiger partial charge is 0.211 e. The predicted octanol–water partition coefficient (Wildman–Crippen LogP) is 3.63. The van der Waals surface area contributed by atoms with Crippen LogP contribution in [0.5, 0.6) is 0 Å². The Balaban J connectivity index is 1.36. The Hall–Kier alpha value is -2.34. The molecule has 0 spiro atoms. The fourth-order valence-electron chi connectivity index (χ4n) is 4.68. The number of hydrogen-bond acceptors (Lipinski definition) is 8. The van der Waals surface area contributed by atoms with Crippen molar-refractivity contribution in [2.45, 2.75) is 25.2 Å². The van der Waals surface area contributed by atoms with Crippen LogP contribution in [0.3, 0.4) is 0 Å². The summed E-state index contributed by atoms with van der Waals surface area (Å²) in [6, 6.07) is 6.28. The lowest BCUT2D eigenvalue weighted by atomic mass is 9.92. The van der Waals surface area contributed by atoms with E-state index in [9.17, 15) is 12.8 Å². The fourth-order valence-corrected chi connectivity index (χ4v) is 6.58. The summed E-state index contributed by atoms with van der Waals surface area (Å²) in [6.45, 7) is 0.996. The molecular weight excluding hydrogens is 511 g/mol. The van der Waals surface area contributed by atoms with Crippen molar-refractivity contribution < 1.29 is 12.8 Å². The molecule has 0 N–H and O–H groups in total. The maximum absolute atomic E-state index is 13.3. The van der Waals surface area contributed by atoms with E-state index in [1.807, 2.05) is 34.5 Å². The van der Waals surface area contributed by atoms with Gasteiger partial charge in [0.15, 0.2) is 17.5 Å². The highest BCUT2D eigenvalue weighted by Crippen LogP contribution is 2.33. The number of nitrogens with zero attached hydrogens (tertiary/aromatic N) is 6. The number of sulfonamides is 1. The molecule has 1 aromatic carbocycles. The minimum atomic E-state index is -3.17. The van der Waals surface area contributed by atoms with Crippen molar-refractivity contribution in [3.63, 3.8) is 0 Å². The zero-order valence-electron chi connectivity index (χ0n) is 19.4. The molecule has 0 radical (unpaired) electrons. The third-order valence-electron chi connectivity index (χ3n) is 6.57. The summed E-state index contributed by atoms with van der Waals surface area (Å²) < 4.78 is 38.6. The van der Waals surface area contributed by atoms with E-state index < -0.39 is 10.0 Å². The molecule has 5 rings (SSSR count). The van der Waals surface area contributed by atoms with E-state index in [1.54, 1.807) is 12.1 Å². The molecule has 1 aromatic heterocycles. The minimum absolute atomic E-state index is 0.182.